The van der Waals surface area contributed by atoms with Crippen LogP contribution in [0.15, 0.2) is 18.3 Å². The highest BCUT2D eigenvalue weighted by molar-refractivity contribution is 5.95. The molecular weight excluding hydrogens is 302 g/mol. The van der Waals surface area contributed by atoms with Gasteiger partial charge in [0.2, 0.25) is 0 Å². The van der Waals surface area contributed by atoms with E-state index in [9.17, 15) is 9.90 Å². The van der Waals surface area contributed by atoms with Gasteiger partial charge in [-0.05, 0) is 50.4 Å². The number of aryl methyl sites for hydroxylation is 1. The van der Waals surface area contributed by atoms with Crippen LogP contribution in [0.2, 0.25) is 0 Å². The van der Waals surface area contributed by atoms with Crippen LogP contribution in [0.25, 0.3) is 0 Å². The number of pyridine rings is 1. The largest absolute Gasteiger partial charge is 0.396 e. The minimum absolute atomic E-state index is 0. The highest BCUT2D eigenvalue weighted by atomic mass is 35.5. The van der Waals surface area contributed by atoms with Gasteiger partial charge in [-0.1, -0.05) is 0 Å². The molecule has 2 fully saturated rings. The summed E-state index contributed by atoms with van der Waals surface area (Å²) in [4.78, 5) is 18.9. The predicted octanol–water partition coefficient (Wildman–Crippen LogP) is 1.25. The van der Waals surface area contributed by atoms with Gasteiger partial charge in [0, 0.05) is 37.5 Å². The van der Waals surface area contributed by atoms with Crippen LogP contribution in [-0.2, 0) is 0 Å². The number of rotatable bonds is 2. The van der Waals surface area contributed by atoms with Crippen molar-refractivity contribution >= 4 is 18.3 Å². The van der Waals surface area contributed by atoms with E-state index in [1.807, 2.05) is 17.9 Å². The van der Waals surface area contributed by atoms with Gasteiger partial charge in [-0.15, -0.1) is 12.4 Å². The summed E-state index contributed by atoms with van der Waals surface area (Å²) in [5.41, 5.74) is 1.54. The molecule has 1 aromatic rings. The predicted molar refractivity (Wildman–Crippen MR) is 87.2 cm³/mol. The topological polar surface area (TPSA) is 65.5 Å². The second kappa shape index (κ2) is 6.94. The van der Waals surface area contributed by atoms with E-state index >= 15 is 0 Å². The lowest BCUT2D eigenvalue weighted by Gasteiger charge is -2.37. The first-order chi connectivity index (χ1) is 10.2. The average molecular weight is 326 g/mol. The molecule has 3 heterocycles. The Labute approximate surface area is 137 Å². The molecule has 1 unspecified atom stereocenters. The summed E-state index contributed by atoms with van der Waals surface area (Å²) in [7, 11) is 0. The number of carbonyl (C=O) groups excluding carboxylic acids is 1. The maximum atomic E-state index is 12.7. The van der Waals surface area contributed by atoms with E-state index in [-0.39, 0.29) is 36.3 Å². The SMILES string of the molecule is Cc1ncccc1C(=O)N1CC(CO)C2(CCNCC2)C1.Cl. The standard InChI is InChI=1S/C16H23N3O2.ClH/c1-12-14(3-2-6-18-12)15(21)19-9-13(10-20)16(11-19)4-7-17-8-5-16;/h2-3,6,13,17,20H,4-5,7-11H2,1H3;1H. The molecule has 2 aliphatic heterocycles. The van der Waals surface area contributed by atoms with Gasteiger partial charge in [0.25, 0.3) is 5.91 Å². The van der Waals surface area contributed by atoms with Gasteiger partial charge in [-0.2, -0.15) is 0 Å². The minimum Gasteiger partial charge on any atom is -0.396 e. The number of aliphatic hydroxyl groups is 1. The van der Waals surface area contributed by atoms with E-state index in [1.165, 1.54) is 0 Å². The third-order valence-electron chi connectivity index (χ3n) is 5.16. The Hall–Kier alpha value is -1.17. The minimum atomic E-state index is 0. The molecule has 22 heavy (non-hydrogen) atoms. The highest BCUT2D eigenvalue weighted by Crippen LogP contribution is 2.43. The fraction of sp³-hybridized carbons (Fsp3) is 0.625. The van der Waals surface area contributed by atoms with Gasteiger partial charge in [0.1, 0.15) is 0 Å². The summed E-state index contributed by atoms with van der Waals surface area (Å²) < 4.78 is 0. The summed E-state index contributed by atoms with van der Waals surface area (Å²) in [5.74, 6) is 0.245. The van der Waals surface area contributed by atoms with Crippen LogP contribution >= 0.6 is 12.4 Å². The highest BCUT2D eigenvalue weighted by Gasteiger charge is 2.48. The monoisotopic (exact) mass is 325 g/mol. The Kier molecular flexibility index (Phi) is 5.42. The van der Waals surface area contributed by atoms with Crippen molar-refractivity contribution in [1.29, 1.82) is 0 Å². The van der Waals surface area contributed by atoms with Crippen molar-refractivity contribution < 1.29 is 9.90 Å². The maximum absolute atomic E-state index is 12.7. The summed E-state index contributed by atoms with van der Waals surface area (Å²) >= 11 is 0. The first-order valence-electron chi connectivity index (χ1n) is 7.69. The number of likely N-dealkylation sites (tertiary alicyclic amines) is 1. The van der Waals surface area contributed by atoms with Crippen LogP contribution in [-0.4, -0.2) is 53.7 Å². The van der Waals surface area contributed by atoms with Gasteiger partial charge >= 0.3 is 0 Å². The second-order valence-corrected chi connectivity index (χ2v) is 6.31. The number of nitrogens with one attached hydrogen (secondary N) is 1. The number of piperidine rings is 1. The van der Waals surface area contributed by atoms with Crippen molar-refractivity contribution in [2.24, 2.45) is 11.3 Å². The molecular formula is C16H24ClN3O2. The van der Waals surface area contributed by atoms with Crippen molar-refractivity contribution in [3.05, 3.63) is 29.6 Å². The van der Waals surface area contributed by atoms with Crippen molar-refractivity contribution in [3.8, 4) is 0 Å². The van der Waals surface area contributed by atoms with E-state index in [2.05, 4.69) is 10.3 Å². The Bertz CT molecular complexity index is 532. The molecule has 0 saturated carbocycles. The quantitative estimate of drug-likeness (QED) is 0.859. The van der Waals surface area contributed by atoms with Gasteiger partial charge in [-0.25, -0.2) is 0 Å². The fourth-order valence-electron chi connectivity index (χ4n) is 3.81. The van der Waals surface area contributed by atoms with Crippen molar-refractivity contribution in [2.45, 2.75) is 19.8 Å². The van der Waals surface area contributed by atoms with E-state index < -0.39 is 0 Å². The number of carbonyl (C=O) groups is 1. The van der Waals surface area contributed by atoms with Crippen molar-refractivity contribution in [1.82, 2.24) is 15.2 Å². The van der Waals surface area contributed by atoms with E-state index in [0.29, 0.717) is 12.1 Å². The Morgan fingerprint density at radius 2 is 2.23 bits per heavy atom. The molecule has 2 N–H and O–H groups in total. The van der Waals surface area contributed by atoms with E-state index in [1.54, 1.807) is 12.3 Å². The molecule has 0 radical (unpaired) electrons. The molecule has 3 rings (SSSR count). The number of aliphatic hydroxyl groups excluding tert-OH is 1. The number of hydrogen-bond acceptors (Lipinski definition) is 4. The Morgan fingerprint density at radius 3 is 2.86 bits per heavy atom. The summed E-state index contributed by atoms with van der Waals surface area (Å²) in [5, 5.41) is 13.1. The van der Waals surface area contributed by atoms with Crippen LogP contribution in [0, 0.1) is 18.3 Å². The molecule has 122 valence electrons. The van der Waals surface area contributed by atoms with Crippen molar-refractivity contribution in [2.75, 3.05) is 32.8 Å². The van der Waals surface area contributed by atoms with Crippen LogP contribution in [0.3, 0.4) is 0 Å². The maximum Gasteiger partial charge on any atom is 0.255 e. The Balaban J connectivity index is 0.00000176. The molecule has 1 atom stereocenters. The van der Waals surface area contributed by atoms with Crippen LogP contribution < -0.4 is 5.32 Å². The molecule has 1 spiro atoms. The third-order valence-corrected chi connectivity index (χ3v) is 5.16. The zero-order valence-corrected chi connectivity index (χ0v) is 13.7. The number of nitrogens with zero attached hydrogens (tertiary/aromatic N) is 2. The lowest BCUT2D eigenvalue weighted by Crippen LogP contribution is -2.43. The van der Waals surface area contributed by atoms with Crippen molar-refractivity contribution in [3.63, 3.8) is 0 Å². The van der Waals surface area contributed by atoms with Crippen LogP contribution in [0.5, 0.6) is 0 Å². The summed E-state index contributed by atoms with van der Waals surface area (Å²) in [6.45, 7) is 5.40. The lowest BCUT2D eigenvalue weighted by molar-refractivity contribution is 0.0754. The molecule has 0 aliphatic carbocycles. The molecule has 5 nitrogen and oxygen atoms in total. The number of aromatic nitrogens is 1. The number of halogens is 1. The average Bonchev–Trinajstić information content (AvgIpc) is 2.86. The van der Waals surface area contributed by atoms with E-state index in [0.717, 1.165) is 38.2 Å². The number of amides is 1. The first-order valence-corrected chi connectivity index (χ1v) is 7.69. The second-order valence-electron chi connectivity index (χ2n) is 6.31. The molecule has 0 bridgehead atoms. The molecule has 1 amide bonds. The van der Waals surface area contributed by atoms with Gasteiger partial charge in [0.05, 0.1) is 5.56 Å². The third kappa shape index (κ3) is 2.98. The number of hydrogen-bond donors (Lipinski definition) is 2. The first kappa shape index (κ1) is 17.2. The van der Waals surface area contributed by atoms with Crippen LogP contribution in [0.1, 0.15) is 28.9 Å². The molecule has 2 aliphatic rings. The van der Waals surface area contributed by atoms with E-state index in [4.69, 9.17) is 0 Å². The lowest BCUT2D eigenvalue weighted by atomic mass is 9.71. The molecule has 2 saturated heterocycles. The summed E-state index contributed by atoms with van der Waals surface area (Å²) in [6, 6.07) is 3.65. The zero-order valence-electron chi connectivity index (χ0n) is 12.9. The molecule has 0 aromatic carbocycles. The van der Waals surface area contributed by atoms with Gasteiger partial charge in [-0.3, -0.25) is 9.78 Å². The molecule has 1 aromatic heterocycles. The Morgan fingerprint density at radius 1 is 1.50 bits per heavy atom. The summed E-state index contributed by atoms with van der Waals surface area (Å²) in [6.07, 6.45) is 3.78. The van der Waals surface area contributed by atoms with Gasteiger partial charge < -0.3 is 15.3 Å². The van der Waals surface area contributed by atoms with Crippen LogP contribution in [0.4, 0.5) is 0 Å². The normalized spacial score (nSPS) is 23.4. The fourth-order valence-corrected chi connectivity index (χ4v) is 3.81. The zero-order chi connectivity index (χ0) is 14.9. The smallest absolute Gasteiger partial charge is 0.255 e. The molecule has 6 heteroatoms. The van der Waals surface area contributed by atoms with Gasteiger partial charge in [0.15, 0.2) is 0 Å².